The van der Waals surface area contributed by atoms with Crippen LogP contribution < -0.4 is 5.73 Å². The van der Waals surface area contributed by atoms with Gasteiger partial charge in [0.15, 0.2) is 0 Å². The highest BCUT2D eigenvalue weighted by Gasteiger charge is 2.13. The molecule has 1 aromatic heterocycles. The molecule has 0 unspecified atom stereocenters. The molecule has 21 heavy (non-hydrogen) atoms. The van der Waals surface area contributed by atoms with Crippen LogP contribution in [0.5, 0.6) is 0 Å². The number of nitrogens with two attached hydrogens (primary N) is 1. The maximum Gasteiger partial charge on any atom is 0.141 e. The van der Waals surface area contributed by atoms with Gasteiger partial charge in [-0.3, -0.25) is 0 Å². The molecule has 0 aliphatic rings. The average molecular weight is 304 g/mol. The summed E-state index contributed by atoms with van der Waals surface area (Å²) in [4.78, 5) is 4.55. The fourth-order valence-electron chi connectivity index (χ4n) is 2.51. The van der Waals surface area contributed by atoms with Crippen molar-refractivity contribution in [2.24, 2.45) is 0 Å². The largest absolute Gasteiger partial charge is 0.399 e. The molecular formula is C16H15ClFN3. The Morgan fingerprint density at radius 3 is 2.76 bits per heavy atom. The third kappa shape index (κ3) is 2.59. The van der Waals surface area contributed by atoms with E-state index in [2.05, 4.69) is 16.5 Å². The number of halogens is 2. The van der Waals surface area contributed by atoms with Crippen molar-refractivity contribution >= 4 is 28.3 Å². The van der Waals surface area contributed by atoms with Gasteiger partial charge in [-0.15, -0.1) is 0 Å². The first-order chi connectivity index (χ1) is 10.1. The highest BCUT2D eigenvalue weighted by atomic mass is 35.5. The van der Waals surface area contributed by atoms with E-state index in [4.69, 9.17) is 17.3 Å². The summed E-state index contributed by atoms with van der Waals surface area (Å²) < 4.78 is 15.5. The van der Waals surface area contributed by atoms with E-state index in [1.165, 1.54) is 12.1 Å². The first-order valence-electron chi connectivity index (χ1n) is 6.80. The van der Waals surface area contributed by atoms with Gasteiger partial charge in [-0.05, 0) is 36.8 Å². The monoisotopic (exact) mass is 303 g/mol. The van der Waals surface area contributed by atoms with E-state index in [1.807, 2.05) is 12.1 Å². The molecule has 0 amide bonds. The highest BCUT2D eigenvalue weighted by Crippen LogP contribution is 2.29. The van der Waals surface area contributed by atoms with E-state index >= 15 is 0 Å². The Bertz CT molecular complexity index is 790. The van der Waals surface area contributed by atoms with Crippen LogP contribution in [0, 0.1) is 5.82 Å². The summed E-state index contributed by atoms with van der Waals surface area (Å²) in [5.74, 6) is 0.465. The van der Waals surface area contributed by atoms with Crippen LogP contribution in [-0.4, -0.2) is 9.55 Å². The van der Waals surface area contributed by atoms with Crippen molar-refractivity contribution in [1.82, 2.24) is 9.55 Å². The first kappa shape index (κ1) is 13.9. The molecule has 0 aliphatic heterocycles. The number of fused-ring (bicyclic) bond motifs is 1. The third-order valence-electron chi connectivity index (χ3n) is 3.34. The predicted octanol–water partition coefficient (Wildman–Crippen LogP) is 4.49. The molecule has 3 nitrogen and oxygen atoms in total. The number of rotatable bonds is 3. The molecule has 0 bridgehead atoms. The van der Waals surface area contributed by atoms with Gasteiger partial charge in [-0.1, -0.05) is 18.5 Å². The lowest BCUT2D eigenvalue weighted by molar-refractivity contribution is 0.629. The van der Waals surface area contributed by atoms with Gasteiger partial charge in [0.1, 0.15) is 11.6 Å². The first-order valence-corrected chi connectivity index (χ1v) is 7.18. The van der Waals surface area contributed by atoms with Gasteiger partial charge in [0, 0.05) is 28.9 Å². The van der Waals surface area contributed by atoms with E-state index < -0.39 is 0 Å². The predicted molar refractivity (Wildman–Crippen MR) is 84.8 cm³/mol. The van der Waals surface area contributed by atoms with E-state index in [9.17, 15) is 4.39 Å². The Morgan fingerprint density at radius 1 is 1.24 bits per heavy atom. The topological polar surface area (TPSA) is 43.8 Å². The van der Waals surface area contributed by atoms with Crippen molar-refractivity contribution in [3.8, 4) is 11.4 Å². The maximum atomic E-state index is 13.4. The van der Waals surface area contributed by atoms with Crippen LogP contribution in [0.4, 0.5) is 10.1 Å². The molecule has 2 N–H and O–H groups in total. The zero-order valence-corrected chi connectivity index (χ0v) is 12.4. The van der Waals surface area contributed by atoms with Gasteiger partial charge in [0.2, 0.25) is 0 Å². The number of imidazole rings is 1. The van der Waals surface area contributed by atoms with Crippen LogP contribution in [0.1, 0.15) is 13.3 Å². The van der Waals surface area contributed by atoms with Crippen molar-refractivity contribution in [2.45, 2.75) is 19.9 Å². The Labute approximate surface area is 127 Å². The molecule has 0 aliphatic carbocycles. The van der Waals surface area contributed by atoms with Gasteiger partial charge in [0.05, 0.1) is 11.0 Å². The van der Waals surface area contributed by atoms with E-state index in [-0.39, 0.29) is 5.82 Å². The molecule has 0 saturated carbocycles. The molecule has 0 atom stereocenters. The lowest BCUT2D eigenvalue weighted by Crippen LogP contribution is -2.00. The number of aromatic nitrogens is 2. The molecular weight excluding hydrogens is 289 g/mol. The number of nitrogens with zero attached hydrogens (tertiary/aromatic N) is 2. The molecule has 2 aromatic carbocycles. The fourth-order valence-corrected chi connectivity index (χ4v) is 2.76. The number of hydrogen-bond donors (Lipinski definition) is 1. The van der Waals surface area contributed by atoms with Gasteiger partial charge < -0.3 is 10.3 Å². The summed E-state index contributed by atoms with van der Waals surface area (Å²) in [5.41, 5.74) is 8.82. The number of aryl methyl sites for hydroxylation is 1. The minimum absolute atomic E-state index is 0.291. The Balaban J connectivity index is 2.27. The molecule has 0 spiro atoms. The van der Waals surface area contributed by atoms with Crippen molar-refractivity contribution in [3.05, 3.63) is 47.2 Å². The average Bonchev–Trinajstić information content (AvgIpc) is 2.76. The van der Waals surface area contributed by atoms with Crippen LogP contribution in [0.2, 0.25) is 5.02 Å². The van der Waals surface area contributed by atoms with Crippen LogP contribution >= 0.6 is 11.6 Å². The summed E-state index contributed by atoms with van der Waals surface area (Å²) in [5, 5.41) is 0.561. The van der Waals surface area contributed by atoms with Crippen LogP contribution in [0.15, 0.2) is 36.4 Å². The Kier molecular flexibility index (Phi) is 3.55. The number of hydrogen-bond acceptors (Lipinski definition) is 2. The Morgan fingerprint density at radius 2 is 2.05 bits per heavy atom. The van der Waals surface area contributed by atoms with E-state index in [0.29, 0.717) is 16.2 Å². The third-order valence-corrected chi connectivity index (χ3v) is 3.55. The fraction of sp³-hybridized carbons (Fsp3) is 0.188. The van der Waals surface area contributed by atoms with Gasteiger partial charge in [-0.2, -0.15) is 0 Å². The van der Waals surface area contributed by atoms with Gasteiger partial charge in [0.25, 0.3) is 0 Å². The van der Waals surface area contributed by atoms with Gasteiger partial charge in [-0.25, -0.2) is 9.37 Å². The van der Waals surface area contributed by atoms with Crippen LogP contribution in [0.25, 0.3) is 22.4 Å². The minimum Gasteiger partial charge on any atom is -0.399 e. The molecule has 0 fully saturated rings. The van der Waals surface area contributed by atoms with Crippen molar-refractivity contribution in [1.29, 1.82) is 0 Å². The summed E-state index contributed by atoms with van der Waals surface area (Å²) >= 11 is 6.08. The molecule has 3 aromatic rings. The van der Waals surface area contributed by atoms with Crippen molar-refractivity contribution < 1.29 is 4.39 Å². The number of anilines is 1. The normalized spacial score (nSPS) is 11.2. The SMILES string of the molecule is CCCn1c(-c2cc(N)cc(Cl)c2)nc2cc(F)ccc21. The zero-order chi connectivity index (χ0) is 15.0. The number of benzene rings is 2. The second-order valence-corrected chi connectivity index (χ2v) is 5.43. The zero-order valence-electron chi connectivity index (χ0n) is 11.6. The summed E-state index contributed by atoms with van der Waals surface area (Å²) in [6.45, 7) is 2.88. The highest BCUT2D eigenvalue weighted by molar-refractivity contribution is 6.31. The number of nitrogen functional groups attached to an aromatic ring is 1. The maximum absolute atomic E-state index is 13.4. The lowest BCUT2D eigenvalue weighted by Gasteiger charge is -2.09. The molecule has 5 heteroatoms. The lowest BCUT2D eigenvalue weighted by atomic mass is 10.2. The molecule has 3 rings (SSSR count). The van der Waals surface area contributed by atoms with Crippen molar-refractivity contribution in [2.75, 3.05) is 5.73 Å². The van der Waals surface area contributed by atoms with E-state index in [0.717, 1.165) is 29.9 Å². The quantitative estimate of drug-likeness (QED) is 0.725. The summed E-state index contributed by atoms with van der Waals surface area (Å²) in [6, 6.07) is 9.99. The minimum atomic E-state index is -0.291. The standard InChI is InChI=1S/C16H15ClFN3/c1-2-5-21-15-4-3-12(18)9-14(15)20-16(21)10-6-11(17)8-13(19)7-10/h3-4,6-9H,2,5,19H2,1H3. The molecule has 108 valence electrons. The van der Waals surface area contributed by atoms with Crippen LogP contribution in [-0.2, 0) is 6.54 Å². The van der Waals surface area contributed by atoms with Gasteiger partial charge >= 0.3 is 0 Å². The molecule has 0 radical (unpaired) electrons. The summed E-state index contributed by atoms with van der Waals surface area (Å²) in [7, 11) is 0. The smallest absolute Gasteiger partial charge is 0.141 e. The summed E-state index contributed by atoms with van der Waals surface area (Å²) in [6.07, 6.45) is 0.950. The molecule has 0 saturated heterocycles. The molecule has 1 heterocycles. The van der Waals surface area contributed by atoms with Crippen LogP contribution in [0.3, 0.4) is 0 Å². The van der Waals surface area contributed by atoms with Crippen molar-refractivity contribution in [3.63, 3.8) is 0 Å². The second kappa shape index (κ2) is 5.37. The van der Waals surface area contributed by atoms with E-state index in [1.54, 1.807) is 12.1 Å². The second-order valence-electron chi connectivity index (χ2n) is 4.99. The Hall–Kier alpha value is -2.07.